The van der Waals surface area contributed by atoms with Crippen LogP contribution in [0.5, 0.6) is 0 Å². The summed E-state index contributed by atoms with van der Waals surface area (Å²) in [6.07, 6.45) is 0.631. The molecule has 1 amide bonds. The van der Waals surface area contributed by atoms with E-state index in [1.54, 1.807) is 0 Å². The molecule has 0 spiro atoms. The van der Waals surface area contributed by atoms with Crippen LogP contribution in [-0.2, 0) is 9.47 Å². The van der Waals surface area contributed by atoms with Gasteiger partial charge in [-0.25, -0.2) is 4.79 Å². The van der Waals surface area contributed by atoms with Gasteiger partial charge >= 0.3 is 6.09 Å². The van der Waals surface area contributed by atoms with Crippen molar-refractivity contribution in [2.24, 2.45) is 0 Å². The molecule has 0 radical (unpaired) electrons. The monoisotopic (exact) mass is 189 g/mol. The quantitative estimate of drug-likeness (QED) is 0.645. The van der Waals surface area contributed by atoms with E-state index in [9.17, 15) is 4.79 Å². The molecule has 0 aromatic rings. The largest absolute Gasteiger partial charge is 0.449 e. The van der Waals surface area contributed by atoms with Gasteiger partial charge in [-0.3, -0.25) is 0 Å². The second-order valence-electron chi connectivity index (χ2n) is 2.94. The smallest absolute Gasteiger partial charge is 0.407 e. The van der Waals surface area contributed by atoms with E-state index in [0.29, 0.717) is 19.8 Å². The summed E-state index contributed by atoms with van der Waals surface area (Å²) in [5, 5.41) is 2.54. The number of hydrogen-bond donors (Lipinski definition) is 1. The van der Waals surface area contributed by atoms with Crippen LogP contribution < -0.4 is 5.32 Å². The van der Waals surface area contributed by atoms with Gasteiger partial charge < -0.3 is 14.8 Å². The molecular formula is C9H19NO3. The molecule has 0 aromatic carbocycles. The number of alkyl carbamates (subject to hydrolysis) is 1. The first-order valence-electron chi connectivity index (χ1n) is 4.69. The summed E-state index contributed by atoms with van der Waals surface area (Å²) < 4.78 is 10.1. The highest BCUT2D eigenvalue weighted by Crippen LogP contribution is 1.91. The van der Waals surface area contributed by atoms with Crippen molar-refractivity contribution >= 4 is 6.09 Å². The number of carbonyl (C=O) groups is 1. The van der Waals surface area contributed by atoms with Crippen molar-refractivity contribution in [1.82, 2.24) is 5.32 Å². The van der Waals surface area contributed by atoms with Gasteiger partial charge in [0.2, 0.25) is 0 Å². The third-order valence-electron chi connectivity index (χ3n) is 1.29. The molecule has 1 N–H and O–H groups in total. The lowest BCUT2D eigenvalue weighted by Crippen LogP contribution is -2.24. The maximum atomic E-state index is 10.8. The van der Waals surface area contributed by atoms with E-state index in [-0.39, 0.29) is 12.2 Å². The normalized spacial score (nSPS) is 10.2. The zero-order valence-corrected chi connectivity index (χ0v) is 8.63. The number of ether oxygens (including phenoxy) is 2. The number of hydrogen-bond acceptors (Lipinski definition) is 3. The van der Waals surface area contributed by atoms with Crippen LogP contribution in [0.15, 0.2) is 0 Å². The summed E-state index contributed by atoms with van der Waals surface area (Å²) in [5.74, 6) is 0. The Bertz CT molecular complexity index is 137. The minimum atomic E-state index is -0.355. The second-order valence-corrected chi connectivity index (χ2v) is 2.94. The molecule has 13 heavy (non-hydrogen) atoms. The third kappa shape index (κ3) is 9.14. The molecule has 0 aromatic heterocycles. The Balaban J connectivity index is 3.11. The third-order valence-corrected chi connectivity index (χ3v) is 1.29. The summed E-state index contributed by atoms with van der Waals surface area (Å²) >= 11 is 0. The lowest BCUT2D eigenvalue weighted by atomic mass is 10.4. The van der Waals surface area contributed by atoms with Gasteiger partial charge in [0, 0.05) is 13.0 Å². The van der Waals surface area contributed by atoms with Crippen molar-refractivity contribution in [3.05, 3.63) is 0 Å². The zero-order chi connectivity index (χ0) is 10.1. The highest BCUT2D eigenvalue weighted by Gasteiger charge is 1.98. The Hall–Kier alpha value is -0.770. The minimum Gasteiger partial charge on any atom is -0.449 e. The maximum absolute atomic E-state index is 10.8. The molecule has 0 atom stereocenters. The van der Waals surface area contributed by atoms with Gasteiger partial charge in [-0.2, -0.15) is 0 Å². The fourth-order valence-electron chi connectivity index (χ4n) is 0.738. The summed E-state index contributed by atoms with van der Waals surface area (Å²) in [5.41, 5.74) is 0. The van der Waals surface area contributed by atoms with Crippen LogP contribution in [0.3, 0.4) is 0 Å². The summed E-state index contributed by atoms with van der Waals surface area (Å²) in [7, 11) is 0. The fourth-order valence-corrected chi connectivity index (χ4v) is 0.738. The minimum absolute atomic E-state index is 0.240. The molecule has 0 saturated heterocycles. The van der Waals surface area contributed by atoms with Crippen LogP contribution >= 0.6 is 0 Å². The summed E-state index contributed by atoms with van der Waals surface area (Å²) in [4.78, 5) is 10.8. The molecular weight excluding hydrogens is 170 g/mol. The molecule has 0 heterocycles. The standard InChI is InChI=1S/C9H19NO3/c1-4-10-9(11)13-7-5-6-12-8(2)3/h8H,4-7H2,1-3H3,(H,10,11). The molecule has 0 saturated carbocycles. The van der Waals surface area contributed by atoms with E-state index in [1.165, 1.54) is 0 Å². The van der Waals surface area contributed by atoms with Gasteiger partial charge in [-0.1, -0.05) is 0 Å². The van der Waals surface area contributed by atoms with Gasteiger partial charge in [0.1, 0.15) is 0 Å². The van der Waals surface area contributed by atoms with Crippen molar-refractivity contribution in [1.29, 1.82) is 0 Å². The van der Waals surface area contributed by atoms with Crippen LogP contribution in [-0.4, -0.2) is 32.0 Å². The number of nitrogens with one attached hydrogen (secondary N) is 1. The topological polar surface area (TPSA) is 47.6 Å². The Morgan fingerprint density at radius 1 is 1.38 bits per heavy atom. The summed E-state index contributed by atoms with van der Waals surface area (Å²) in [6, 6.07) is 0. The molecule has 0 aliphatic rings. The number of rotatable bonds is 6. The van der Waals surface area contributed by atoms with Crippen LogP contribution in [0.4, 0.5) is 4.79 Å². The Kier molecular flexibility index (Phi) is 7.39. The molecule has 78 valence electrons. The molecule has 0 fully saturated rings. The van der Waals surface area contributed by atoms with Gasteiger partial charge in [-0.05, 0) is 20.8 Å². The number of carbonyl (C=O) groups excluding carboxylic acids is 1. The van der Waals surface area contributed by atoms with Crippen LogP contribution in [0, 0.1) is 0 Å². The van der Waals surface area contributed by atoms with Crippen LogP contribution in [0.1, 0.15) is 27.2 Å². The van der Waals surface area contributed by atoms with Crippen LogP contribution in [0.25, 0.3) is 0 Å². The average molecular weight is 189 g/mol. The lowest BCUT2D eigenvalue weighted by Gasteiger charge is -2.07. The van der Waals surface area contributed by atoms with Gasteiger partial charge in [0.05, 0.1) is 19.3 Å². The first kappa shape index (κ1) is 12.2. The van der Waals surface area contributed by atoms with Crippen molar-refractivity contribution in [2.75, 3.05) is 19.8 Å². The Morgan fingerprint density at radius 3 is 2.62 bits per heavy atom. The maximum Gasteiger partial charge on any atom is 0.407 e. The first-order valence-corrected chi connectivity index (χ1v) is 4.69. The molecule has 0 unspecified atom stereocenters. The van der Waals surface area contributed by atoms with E-state index < -0.39 is 0 Å². The number of amides is 1. The highest BCUT2D eigenvalue weighted by molar-refractivity contribution is 5.66. The Labute approximate surface area is 79.6 Å². The fraction of sp³-hybridized carbons (Fsp3) is 0.889. The van der Waals surface area contributed by atoms with Crippen molar-refractivity contribution in [2.45, 2.75) is 33.3 Å². The lowest BCUT2D eigenvalue weighted by molar-refractivity contribution is 0.0626. The second kappa shape index (κ2) is 7.86. The van der Waals surface area contributed by atoms with E-state index in [4.69, 9.17) is 9.47 Å². The van der Waals surface area contributed by atoms with Crippen molar-refractivity contribution in [3.63, 3.8) is 0 Å². The van der Waals surface area contributed by atoms with Gasteiger partial charge in [0.15, 0.2) is 0 Å². The first-order chi connectivity index (χ1) is 6.16. The zero-order valence-electron chi connectivity index (χ0n) is 8.63. The molecule has 0 rings (SSSR count). The van der Waals surface area contributed by atoms with Crippen molar-refractivity contribution in [3.8, 4) is 0 Å². The van der Waals surface area contributed by atoms with Crippen molar-refractivity contribution < 1.29 is 14.3 Å². The highest BCUT2D eigenvalue weighted by atomic mass is 16.5. The SMILES string of the molecule is CCNC(=O)OCCCOC(C)C. The Morgan fingerprint density at radius 2 is 2.08 bits per heavy atom. The average Bonchev–Trinajstić information content (AvgIpc) is 2.03. The predicted octanol–water partition coefficient (Wildman–Crippen LogP) is 1.55. The predicted molar refractivity (Wildman–Crippen MR) is 50.7 cm³/mol. The summed E-state index contributed by atoms with van der Waals surface area (Å²) in [6.45, 7) is 7.45. The van der Waals surface area contributed by atoms with E-state index in [0.717, 1.165) is 6.42 Å². The van der Waals surface area contributed by atoms with E-state index in [1.807, 2.05) is 20.8 Å². The molecule has 4 heteroatoms. The van der Waals surface area contributed by atoms with E-state index in [2.05, 4.69) is 5.32 Å². The van der Waals surface area contributed by atoms with Crippen LogP contribution in [0.2, 0.25) is 0 Å². The van der Waals surface area contributed by atoms with Gasteiger partial charge in [-0.15, -0.1) is 0 Å². The molecule has 4 nitrogen and oxygen atoms in total. The molecule has 0 bridgehead atoms. The molecule has 0 aliphatic carbocycles. The molecule has 0 aliphatic heterocycles. The van der Waals surface area contributed by atoms with Gasteiger partial charge in [0.25, 0.3) is 0 Å². The van der Waals surface area contributed by atoms with E-state index >= 15 is 0 Å².